The number of fused-ring (bicyclic) bond motifs is 1. The minimum atomic E-state index is -0.291. The van der Waals surface area contributed by atoms with Gasteiger partial charge < -0.3 is 15.3 Å². The predicted octanol–water partition coefficient (Wildman–Crippen LogP) is 3.18. The van der Waals surface area contributed by atoms with E-state index in [0.29, 0.717) is 31.6 Å². The Kier molecular flexibility index (Phi) is 7.66. The lowest BCUT2D eigenvalue weighted by atomic mass is 9.85. The fraction of sp³-hybridized carbons (Fsp3) is 0.565. The number of piperidine rings is 1. The zero-order chi connectivity index (χ0) is 19.8. The molecule has 1 aliphatic carbocycles. The zero-order valence-electron chi connectivity index (χ0n) is 16.6. The summed E-state index contributed by atoms with van der Waals surface area (Å²) in [4.78, 5) is 26.9. The molecule has 0 spiro atoms. The van der Waals surface area contributed by atoms with E-state index in [-0.39, 0.29) is 24.5 Å². The molecule has 1 unspecified atom stereocenters. The number of allylic oxidation sites excluding steroid dienone is 2. The van der Waals surface area contributed by atoms with Gasteiger partial charge in [-0.05, 0) is 56.4 Å². The van der Waals surface area contributed by atoms with Gasteiger partial charge >= 0.3 is 0 Å². The maximum absolute atomic E-state index is 12.7. The van der Waals surface area contributed by atoms with E-state index in [1.165, 1.54) is 25.0 Å². The van der Waals surface area contributed by atoms with Crippen molar-refractivity contribution in [3.8, 4) is 0 Å². The van der Waals surface area contributed by atoms with Crippen LogP contribution < -0.4 is 5.32 Å². The Hall–Kier alpha value is -2.14. The third-order valence-corrected chi connectivity index (χ3v) is 5.78. The van der Waals surface area contributed by atoms with Crippen LogP contribution in [-0.2, 0) is 16.0 Å². The molecule has 0 aromatic heterocycles. The average Bonchev–Trinajstić information content (AvgIpc) is 2.73. The number of carbonyl (C=O) groups excluding carboxylic acids is 2. The van der Waals surface area contributed by atoms with E-state index in [1.807, 2.05) is 35.2 Å². The molecule has 2 atom stereocenters. The smallest absolute Gasteiger partial charge is 0.226 e. The monoisotopic (exact) mass is 384 g/mol. The van der Waals surface area contributed by atoms with Crippen molar-refractivity contribution in [2.24, 2.45) is 5.92 Å². The van der Waals surface area contributed by atoms with Crippen LogP contribution in [0, 0.1) is 5.92 Å². The highest BCUT2D eigenvalue weighted by Crippen LogP contribution is 2.35. The van der Waals surface area contributed by atoms with Crippen LogP contribution in [0.5, 0.6) is 0 Å². The molecule has 2 amide bonds. The lowest BCUT2D eigenvalue weighted by Crippen LogP contribution is -2.40. The van der Waals surface area contributed by atoms with Crippen molar-refractivity contribution in [2.45, 2.75) is 63.8 Å². The summed E-state index contributed by atoms with van der Waals surface area (Å²) in [6.07, 6.45) is 9.87. The van der Waals surface area contributed by atoms with Crippen molar-refractivity contribution in [1.82, 2.24) is 10.2 Å². The van der Waals surface area contributed by atoms with Gasteiger partial charge in [0, 0.05) is 25.1 Å². The van der Waals surface area contributed by atoms with E-state index in [9.17, 15) is 14.7 Å². The Labute approximate surface area is 167 Å². The first-order chi connectivity index (χ1) is 13.7. The van der Waals surface area contributed by atoms with Crippen LogP contribution in [0.25, 0.3) is 0 Å². The number of aliphatic hydroxyl groups is 1. The molecule has 1 aliphatic heterocycles. The van der Waals surface area contributed by atoms with Gasteiger partial charge in [0.2, 0.25) is 11.8 Å². The molecule has 1 fully saturated rings. The highest BCUT2D eigenvalue weighted by Gasteiger charge is 2.29. The Balaban J connectivity index is 1.41. The lowest BCUT2D eigenvalue weighted by molar-refractivity contribution is -0.130. The molecule has 0 bridgehead atoms. The zero-order valence-corrected chi connectivity index (χ0v) is 16.6. The largest absolute Gasteiger partial charge is 0.394 e. The van der Waals surface area contributed by atoms with Crippen LogP contribution >= 0.6 is 0 Å². The third kappa shape index (κ3) is 5.68. The highest BCUT2D eigenvalue weighted by atomic mass is 16.3. The molecule has 2 aliphatic rings. The second-order valence-corrected chi connectivity index (χ2v) is 7.93. The number of hydrogen-bond acceptors (Lipinski definition) is 3. The van der Waals surface area contributed by atoms with Gasteiger partial charge in [-0.3, -0.25) is 9.59 Å². The summed E-state index contributed by atoms with van der Waals surface area (Å²) in [5, 5.41) is 12.4. The van der Waals surface area contributed by atoms with Gasteiger partial charge in [0.15, 0.2) is 0 Å². The van der Waals surface area contributed by atoms with Crippen LogP contribution in [0.1, 0.15) is 56.9 Å². The average molecular weight is 385 g/mol. The number of nitrogens with zero attached hydrogens (tertiary/aromatic N) is 1. The summed E-state index contributed by atoms with van der Waals surface area (Å²) in [5.74, 6) is 0.600. The number of carbonyl (C=O) groups is 2. The molecule has 1 heterocycles. The first-order valence-corrected chi connectivity index (χ1v) is 10.6. The maximum Gasteiger partial charge on any atom is 0.226 e. The molecule has 1 saturated heterocycles. The van der Waals surface area contributed by atoms with E-state index in [0.717, 1.165) is 24.9 Å². The third-order valence-electron chi connectivity index (χ3n) is 5.78. The van der Waals surface area contributed by atoms with Crippen molar-refractivity contribution in [2.75, 3.05) is 13.2 Å². The molecule has 3 rings (SSSR count). The van der Waals surface area contributed by atoms with Crippen LogP contribution in [0.2, 0.25) is 0 Å². The topological polar surface area (TPSA) is 69.6 Å². The summed E-state index contributed by atoms with van der Waals surface area (Å²) >= 11 is 0. The molecular weight excluding hydrogens is 352 g/mol. The molecule has 2 N–H and O–H groups in total. The van der Waals surface area contributed by atoms with E-state index in [4.69, 9.17) is 0 Å². The second kappa shape index (κ2) is 10.4. The minimum Gasteiger partial charge on any atom is -0.394 e. The first-order valence-electron chi connectivity index (χ1n) is 10.6. The molecule has 0 saturated carbocycles. The van der Waals surface area contributed by atoms with E-state index in [1.54, 1.807) is 0 Å². The van der Waals surface area contributed by atoms with Crippen molar-refractivity contribution in [3.63, 3.8) is 0 Å². The van der Waals surface area contributed by atoms with Crippen LogP contribution in [0.3, 0.4) is 0 Å². The number of amides is 2. The molecule has 1 aromatic carbocycles. The van der Waals surface area contributed by atoms with Gasteiger partial charge in [-0.15, -0.1) is 0 Å². The quantitative estimate of drug-likeness (QED) is 0.723. The van der Waals surface area contributed by atoms with Crippen molar-refractivity contribution in [1.29, 1.82) is 0 Å². The predicted molar refractivity (Wildman–Crippen MR) is 109 cm³/mol. The number of aliphatic hydroxyl groups excluding tert-OH is 1. The standard InChI is InChI=1S/C23H32N2O3/c26-17-20(16-18-8-2-1-3-9-18)24-22(27)13-6-14-23(28)25-15-7-11-19-10-4-5-12-21(19)25/h1-3,8-9,12,19-20,26H,4-7,10-11,13-17H2,(H,24,27)/t19?,20-/m0/s1. The van der Waals surface area contributed by atoms with Crippen molar-refractivity contribution >= 4 is 11.8 Å². The SMILES string of the molecule is O=C(CCCC(=O)N1CCCC2CCCC=C21)N[C@H](CO)Cc1ccccc1. The Morgan fingerprint density at radius 2 is 1.93 bits per heavy atom. The highest BCUT2D eigenvalue weighted by molar-refractivity contribution is 5.80. The number of nitrogens with one attached hydrogen (secondary N) is 1. The molecule has 28 heavy (non-hydrogen) atoms. The van der Waals surface area contributed by atoms with Crippen molar-refractivity contribution < 1.29 is 14.7 Å². The lowest BCUT2D eigenvalue weighted by Gasteiger charge is -2.38. The summed E-state index contributed by atoms with van der Waals surface area (Å²) in [6.45, 7) is 0.722. The molecule has 0 radical (unpaired) electrons. The fourth-order valence-corrected chi connectivity index (χ4v) is 4.34. The van der Waals surface area contributed by atoms with Gasteiger partial charge in [0.25, 0.3) is 0 Å². The summed E-state index contributed by atoms with van der Waals surface area (Å²) in [6, 6.07) is 9.52. The van der Waals surface area contributed by atoms with Gasteiger partial charge in [0.05, 0.1) is 12.6 Å². The van der Waals surface area contributed by atoms with Gasteiger partial charge in [-0.1, -0.05) is 36.4 Å². The summed E-state index contributed by atoms with van der Waals surface area (Å²) in [7, 11) is 0. The van der Waals surface area contributed by atoms with E-state index >= 15 is 0 Å². The van der Waals surface area contributed by atoms with Gasteiger partial charge in [-0.25, -0.2) is 0 Å². The summed E-state index contributed by atoms with van der Waals surface area (Å²) < 4.78 is 0. The molecular formula is C23H32N2O3. The molecule has 152 valence electrons. The number of hydrogen-bond donors (Lipinski definition) is 2. The van der Waals surface area contributed by atoms with Crippen LogP contribution in [0.4, 0.5) is 0 Å². The number of benzene rings is 1. The maximum atomic E-state index is 12.7. The van der Waals surface area contributed by atoms with Crippen molar-refractivity contribution in [3.05, 3.63) is 47.7 Å². The van der Waals surface area contributed by atoms with E-state index < -0.39 is 0 Å². The number of likely N-dealkylation sites (tertiary alicyclic amines) is 1. The van der Waals surface area contributed by atoms with Crippen LogP contribution in [-0.4, -0.2) is 41.0 Å². The van der Waals surface area contributed by atoms with E-state index in [2.05, 4.69) is 11.4 Å². The Morgan fingerprint density at radius 3 is 2.71 bits per heavy atom. The Bertz CT molecular complexity index is 686. The van der Waals surface area contributed by atoms with Gasteiger partial charge in [-0.2, -0.15) is 0 Å². The van der Waals surface area contributed by atoms with Crippen LogP contribution in [0.15, 0.2) is 42.1 Å². The normalized spacial score (nSPS) is 20.1. The first kappa shape index (κ1) is 20.6. The minimum absolute atomic E-state index is 0.0944. The Morgan fingerprint density at radius 1 is 1.14 bits per heavy atom. The molecule has 5 nitrogen and oxygen atoms in total. The van der Waals surface area contributed by atoms with Gasteiger partial charge in [0.1, 0.15) is 0 Å². The number of rotatable bonds is 8. The second-order valence-electron chi connectivity index (χ2n) is 7.93. The summed E-state index contributed by atoms with van der Waals surface area (Å²) in [5.41, 5.74) is 2.31. The molecule has 5 heteroatoms. The molecule has 1 aromatic rings. The fourth-order valence-electron chi connectivity index (χ4n) is 4.34.